The van der Waals surface area contributed by atoms with Crippen molar-refractivity contribution < 1.29 is 18.3 Å². The Balaban J connectivity index is 1.47. The van der Waals surface area contributed by atoms with E-state index in [1.54, 1.807) is 41.2 Å². The molecule has 2 aromatic heterocycles. The molecule has 0 saturated carbocycles. The van der Waals surface area contributed by atoms with Crippen molar-refractivity contribution in [2.24, 2.45) is 0 Å². The molecule has 1 aliphatic heterocycles. The molecule has 164 valence electrons. The van der Waals surface area contributed by atoms with Gasteiger partial charge < -0.3 is 15.3 Å². The molecule has 0 aliphatic carbocycles. The van der Waals surface area contributed by atoms with Gasteiger partial charge in [-0.3, -0.25) is 4.98 Å². The highest BCUT2D eigenvalue weighted by molar-refractivity contribution is 7.92. The lowest BCUT2D eigenvalue weighted by Crippen LogP contribution is -2.41. The van der Waals surface area contributed by atoms with Crippen molar-refractivity contribution in [1.82, 2.24) is 14.9 Å². The number of nitrogens with one attached hydrogen (secondary N) is 1. The van der Waals surface area contributed by atoms with E-state index in [2.05, 4.69) is 15.3 Å². The number of amides is 1. The highest BCUT2D eigenvalue weighted by atomic mass is 32.2. The fourth-order valence-electron chi connectivity index (χ4n) is 4.05. The van der Waals surface area contributed by atoms with Gasteiger partial charge in [0.1, 0.15) is 0 Å². The van der Waals surface area contributed by atoms with E-state index in [1.807, 2.05) is 24.3 Å². The number of sulfone groups is 1. The van der Waals surface area contributed by atoms with Gasteiger partial charge in [0.15, 0.2) is 9.84 Å². The first-order valence-corrected chi connectivity index (χ1v) is 12.6. The van der Waals surface area contributed by atoms with Gasteiger partial charge in [0.05, 0.1) is 31.4 Å². The number of likely N-dealkylation sites (tertiary alicyclic amines) is 1. The molecule has 1 fully saturated rings. The summed E-state index contributed by atoms with van der Waals surface area (Å²) in [5.41, 5.74) is 4.99. The summed E-state index contributed by atoms with van der Waals surface area (Å²) >= 11 is 1.57. The van der Waals surface area contributed by atoms with Crippen LogP contribution in [0.15, 0.2) is 59.1 Å². The van der Waals surface area contributed by atoms with E-state index in [0.717, 1.165) is 21.6 Å². The average molecular weight is 469 g/mol. The van der Waals surface area contributed by atoms with Crippen molar-refractivity contribution in [2.75, 3.05) is 18.4 Å². The topological polar surface area (TPSA) is 112 Å². The van der Waals surface area contributed by atoms with Gasteiger partial charge in [0, 0.05) is 36.0 Å². The van der Waals surface area contributed by atoms with E-state index in [4.69, 9.17) is 5.11 Å². The van der Waals surface area contributed by atoms with Gasteiger partial charge in [-0.05, 0) is 55.3 Å². The molecule has 2 N–H and O–H groups in total. The summed E-state index contributed by atoms with van der Waals surface area (Å²) in [7, 11) is -3.60. The second kappa shape index (κ2) is 8.03. The zero-order valence-corrected chi connectivity index (χ0v) is 18.6. The minimum atomic E-state index is -3.60. The van der Waals surface area contributed by atoms with Crippen LogP contribution in [-0.2, 0) is 9.84 Å². The van der Waals surface area contributed by atoms with Crippen molar-refractivity contribution in [1.29, 1.82) is 0 Å². The number of aromatic nitrogens is 2. The SMILES string of the molecule is O=C(O)N1CCC(S(=O)(=O)c2ccc3nccc(Nc4ccc5scnc5c4)c3c2)CC1. The number of hydrogen-bond acceptors (Lipinski definition) is 7. The zero-order valence-electron chi connectivity index (χ0n) is 16.9. The number of nitrogens with zero attached hydrogens (tertiary/aromatic N) is 3. The van der Waals surface area contributed by atoms with Crippen molar-refractivity contribution in [3.8, 4) is 0 Å². The van der Waals surface area contributed by atoms with Gasteiger partial charge >= 0.3 is 6.09 Å². The molecule has 5 rings (SSSR count). The van der Waals surface area contributed by atoms with Gasteiger partial charge in [-0.1, -0.05) is 0 Å². The van der Waals surface area contributed by atoms with Crippen LogP contribution in [0.1, 0.15) is 12.8 Å². The smallest absolute Gasteiger partial charge is 0.407 e. The van der Waals surface area contributed by atoms with E-state index in [-0.39, 0.29) is 18.0 Å². The molecule has 3 heterocycles. The molecule has 10 heteroatoms. The average Bonchev–Trinajstić information content (AvgIpc) is 3.27. The zero-order chi connectivity index (χ0) is 22.3. The first-order chi connectivity index (χ1) is 15.4. The fraction of sp³-hybridized carbons (Fsp3) is 0.227. The van der Waals surface area contributed by atoms with Crippen molar-refractivity contribution >= 4 is 59.8 Å². The number of thiazole rings is 1. The molecule has 8 nitrogen and oxygen atoms in total. The standard InChI is InChI=1S/C22H20N4O4S2/c27-22(28)26-9-6-15(7-10-26)32(29,30)16-2-3-18-17(12-16)19(5-8-23-18)25-14-1-4-21-20(11-14)24-13-31-21/h1-5,8,11-13,15H,6-7,9-10H2,(H,23,25)(H,27,28). The van der Waals surface area contributed by atoms with E-state index < -0.39 is 21.2 Å². The molecule has 0 bridgehead atoms. The Kier molecular flexibility index (Phi) is 5.18. The van der Waals surface area contributed by atoms with Crippen LogP contribution in [0.2, 0.25) is 0 Å². The Morgan fingerprint density at radius 2 is 1.88 bits per heavy atom. The van der Waals surface area contributed by atoms with Gasteiger partial charge in [-0.2, -0.15) is 0 Å². The fourth-order valence-corrected chi connectivity index (χ4v) is 6.47. The summed E-state index contributed by atoms with van der Waals surface area (Å²) < 4.78 is 27.7. The monoisotopic (exact) mass is 468 g/mol. The summed E-state index contributed by atoms with van der Waals surface area (Å²) in [4.78, 5) is 21.3. The predicted molar refractivity (Wildman–Crippen MR) is 124 cm³/mol. The first kappa shape index (κ1) is 20.7. The third-order valence-corrected chi connectivity index (χ3v) is 8.87. The second-order valence-corrected chi connectivity index (χ2v) is 10.8. The lowest BCUT2D eigenvalue weighted by Gasteiger charge is -2.29. The molecule has 0 spiro atoms. The third kappa shape index (κ3) is 3.76. The summed E-state index contributed by atoms with van der Waals surface area (Å²) in [6, 6.07) is 12.7. The molecular weight excluding hydrogens is 448 g/mol. The van der Waals surface area contributed by atoms with E-state index in [9.17, 15) is 13.2 Å². The third-order valence-electron chi connectivity index (χ3n) is 5.80. The lowest BCUT2D eigenvalue weighted by molar-refractivity contribution is 0.136. The number of rotatable bonds is 4. The molecule has 0 atom stereocenters. The summed E-state index contributed by atoms with van der Waals surface area (Å²) in [5.74, 6) is 0. The highest BCUT2D eigenvalue weighted by Gasteiger charge is 2.32. The van der Waals surface area contributed by atoms with Crippen LogP contribution < -0.4 is 5.32 Å². The normalized spacial score (nSPS) is 15.3. The van der Waals surface area contributed by atoms with Crippen molar-refractivity contribution in [3.63, 3.8) is 0 Å². The molecular formula is C22H20N4O4S2. The lowest BCUT2D eigenvalue weighted by atomic mass is 10.1. The van der Waals surface area contributed by atoms with Crippen LogP contribution in [-0.4, -0.2) is 52.8 Å². The molecule has 1 saturated heterocycles. The number of anilines is 2. The van der Waals surface area contributed by atoms with Crippen LogP contribution in [0.5, 0.6) is 0 Å². The number of benzene rings is 2. The maximum Gasteiger partial charge on any atom is 0.407 e. The molecule has 32 heavy (non-hydrogen) atoms. The number of hydrogen-bond donors (Lipinski definition) is 2. The molecule has 0 unspecified atom stereocenters. The number of carbonyl (C=O) groups is 1. The highest BCUT2D eigenvalue weighted by Crippen LogP contribution is 2.31. The van der Waals surface area contributed by atoms with Crippen LogP contribution in [0.25, 0.3) is 21.1 Å². The first-order valence-electron chi connectivity index (χ1n) is 10.1. The van der Waals surface area contributed by atoms with Crippen LogP contribution in [0.4, 0.5) is 16.2 Å². The number of piperidine rings is 1. The van der Waals surface area contributed by atoms with Crippen LogP contribution in [0.3, 0.4) is 0 Å². The van der Waals surface area contributed by atoms with Gasteiger partial charge in [0.25, 0.3) is 0 Å². The van der Waals surface area contributed by atoms with Gasteiger partial charge in [0.2, 0.25) is 0 Å². The molecule has 0 radical (unpaired) electrons. The Labute approximate surface area is 188 Å². The predicted octanol–water partition coefficient (Wildman–Crippen LogP) is 4.50. The Hall–Kier alpha value is -3.24. The van der Waals surface area contributed by atoms with Crippen LogP contribution in [0, 0.1) is 0 Å². The van der Waals surface area contributed by atoms with Crippen molar-refractivity contribution in [2.45, 2.75) is 23.0 Å². The summed E-state index contributed by atoms with van der Waals surface area (Å²) in [6.45, 7) is 0.445. The number of pyridine rings is 1. The summed E-state index contributed by atoms with van der Waals surface area (Å²) in [5, 5.41) is 12.6. The Morgan fingerprint density at radius 3 is 2.66 bits per heavy atom. The van der Waals surface area contributed by atoms with Gasteiger partial charge in [-0.15, -0.1) is 11.3 Å². The van der Waals surface area contributed by atoms with Crippen molar-refractivity contribution in [3.05, 3.63) is 54.2 Å². The number of carboxylic acid groups (broad SMARTS) is 1. The largest absolute Gasteiger partial charge is 0.465 e. The van der Waals surface area contributed by atoms with E-state index in [1.165, 1.54) is 4.90 Å². The number of fused-ring (bicyclic) bond motifs is 2. The Bertz CT molecular complexity index is 1430. The maximum absolute atomic E-state index is 13.3. The molecule has 4 aromatic rings. The Morgan fingerprint density at radius 1 is 1.06 bits per heavy atom. The summed E-state index contributed by atoms with van der Waals surface area (Å²) in [6.07, 6.45) is 1.25. The minimum Gasteiger partial charge on any atom is -0.465 e. The second-order valence-electron chi connectivity index (χ2n) is 7.71. The molecule has 1 amide bonds. The van der Waals surface area contributed by atoms with E-state index in [0.29, 0.717) is 23.7 Å². The van der Waals surface area contributed by atoms with Crippen LogP contribution >= 0.6 is 11.3 Å². The molecule has 2 aromatic carbocycles. The van der Waals surface area contributed by atoms with Gasteiger partial charge in [-0.25, -0.2) is 18.2 Å². The van der Waals surface area contributed by atoms with E-state index >= 15 is 0 Å². The minimum absolute atomic E-state index is 0.222. The molecule has 1 aliphatic rings. The quantitative estimate of drug-likeness (QED) is 0.453. The maximum atomic E-state index is 13.3.